The Balaban J connectivity index is 1.73. The quantitative estimate of drug-likeness (QED) is 0.744. The zero-order chi connectivity index (χ0) is 11.6. The second-order valence-electron chi connectivity index (χ2n) is 4.52. The fraction of sp³-hybridized carbons (Fsp3) is 0.900. The maximum atomic E-state index is 11.6. The number of hydrogen-bond donors (Lipinski definition) is 1. The third-order valence-electron chi connectivity index (χ3n) is 3.11. The zero-order valence-electron chi connectivity index (χ0n) is 9.15. The van der Waals surface area contributed by atoms with E-state index < -0.39 is 9.84 Å². The van der Waals surface area contributed by atoms with E-state index >= 15 is 0 Å². The molecule has 0 aromatic heterocycles. The van der Waals surface area contributed by atoms with E-state index in [4.69, 9.17) is 4.74 Å². The average Bonchev–Trinajstić information content (AvgIpc) is 2.83. The molecule has 6 heteroatoms. The molecule has 2 aliphatic rings. The predicted octanol–water partition coefficient (Wildman–Crippen LogP) is -0.284. The van der Waals surface area contributed by atoms with Crippen LogP contribution in [-0.4, -0.2) is 45.1 Å². The molecule has 2 atom stereocenters. The topological polar surface area (TPSA) is 72.5 Å². The van der Waals surface area contributed by atoms with Crippen molar-refractivity contribution in [1.29, 1.82) is 0 Å². The Morgan fingerprint density at radius 3 is 2.75 bits per heavy atom. The number of nitrogens with one attached hydrogen (secondary N) is 1. The first-order valence-electron chi connectivity index (χ1n) is 5.66. The van der Waals surface area contributed by atoms with Crippen molar-refractivity contribution in [2.45, 2.75) is 25.4 Å². The fourth-order valence-corrected chi connectivity index (χ4v) is 4.04. The summed E-state index contributed by atoms with van der Waals surface area (Å²) in [6, 6.07) is 0. The van der Waals surface area contributed by atoms with E-state index in [1.807, 2.05) is 0 Å². The molecule has 0 aromatic carbocycles. The van der Waals surface area contributed by atoms with Gasteiger partial charge in [-0.2, -0.15) is 0 Å². The van der Waals surface area contributed by atoms with E-state index in [-0.39, 0.29) is 29.4 Å². The van der Waals surface area contributed by atoms with Gasteiger partial charge in [0.25, 0.3) is 0 Å². The Morgan fingerprint density at radius 2 is 2.19 bits per heavy atom. The van der Waals surface area contributed by atoms with E-state index in [9.17, 15) is 13.2 Å². The molecular formula is C10H17NO4S. The molecule has 0 aliphatic carbocycles. The smallest absolute Gasteiger partial charge is 0.249 e. The van der Waals surface area contributed by atoms with Crippen LogP contribution in [0, 0.1) is 5.92 Å². The van der Waals surface area contributed by atoms with Gasteiger partial charge in [-0.15, -0.1) is 0 Å². The van der Waals surface area contributed by atoms with Crippen molar-refractivity contribution in [3.63, 3.8) is 0 Å². The van der Waals surface area contributed by atoms with E-state index in [1.54, 1.807) is 0 Å². The first-order valence-corrected chi connectivity index (χ1v) is 7.49. The monoisotopic (exact) mass is 247 g/mol. The first-order chi connectivity index (χ1) is 7.57. The lowest BCUT2D eigenvalue weighted by Gasteiger charge is -2.12. The van der Waals surface area contributed by atoms with Crippen LogP contribution in [0.3, 0.4) is 0 Å². The van der Waals surface area contributed by atoms with Gasteiger partial charge in [-0.1, -0.05) is 0 Å². The average molecular weight is 247 g/mol. The van der Waals surface area contributed by atoms with E-state index in [0.29, 0.717) is 19.6 Å². The summed E-state index contributed by atoms with van der Waals surface area (Å²) in [4.78, 5) is 11.6. The van der Waals surface area contributed by atoms with E-state index in [1.165, 1.54) is 0 Å². The molecule has 0 spiro atoms. The summed E-state index contributed by atoms with van der Waals surface area (Å²) in [5, 5.41) is 2.78. The molecule has 2 saturated heterocycles. The lowest BCUT2D eigenvalue weighted by molar-refractivity contribution is -0.130. The minimum absolute atomic E-state index is 0.0790. The second-order valence-corrected chi connectivity index (χ2v) is 6.74. The maximum Gasteiger partial charge on any atom is 0.249 e. The standard InChI is InChI=1S/C10H17NO4S/c12-10(9-2-1-4-15-9)11-6-8-3-5-16(13,14)7-8/h8-9H,1-7H2,(H,11,12). The largest absolute Gasteiger partial charge is 0.368 e. The normalized spacial score (nSPS) is 32.8. The summed E-state index contributed by atoms with van der Waals surface area (Å²) in [5.41, 5.74) is 0. The van der Waals surface area contributed by atoms with Crippen LogP contribution < -0.4 is 5.32 Å². The Bertz CT molecular complexity index is 359. The highest BCUT2D eigenvalue weighted by Crippen LogP contribution is 2.18. The van der Waals surface area contributed by atoms with Crippen LogP contribution in [0.25, 0.3) is 0 Å². The van der Waals surface area contributed by atoms with Crippen molar-refractivity contribution in [3.8, 4) is 0 Å². The van der Waals surface area contributed by atoms with Gasteiger partial charge in [0.2, 0.25) is 5.91 Å². The van der Waals surface area contributed by atoms with Crippen LogP contribution >= 0.6 is 0 Å². The summed E-state index contributed by atoms with van der Waals surface area (Å²) >= 11 is 0. The molecule has 2 unspecified atom stereocenters. The molecule has 92 valence electrons. The SMILES string of the molecule is O=C(NCC1CCS(=O)(=O)C1)C1CCCO1. The summed E-state index contributed by atoms with van der Waals surface area (Å²) in [5.74, 6) is 0.448. The highest BCUT2D eigenvalue weighted by Gasteiger charge is 2.29. The number of amides is 1. The fourth-order valence-electron chi connectivity index (χ4n) is 2.18. The van der Waals surface area contributed by atoms with Gasteiger partial charge in [-0.05, 0) is 25.2 Å². The molecule has 1 N–H and O–H groups in total. The van der Waals surface area contributed by atoms with Gasteiger partial charge in [0.15, 0.2) is 9.84 Å². The lowest BCUT2D eigenvalue weighted by atomic mass is 10.1. The number of carbonyl (C=O) groups excluding carboxylic acids is 1. The molecule has 2 fully saturated rings. The Labute approximate surface area is 95.5 Å². The molecule has 2 rings (SSSR count). The summed E-state index contributed by atoms with van der Waals surface area (Å²) in [7, 11) is -2.84. The molecule has 2 heterocycles. The Kier molecular flexibility index (Phi) is 3.49. The molecule has 16 heavy (non-hydrogen) atoms. The van der Waals surface area contributed by atoms with E-state index in [2.05, 4.69) is 5.32 Å². The van der Waals surface area contributed by atoms with Crippen LogP contribution in [0.5, 0.6) is 0 Å². The third kappa shape index (κ3) is 2.95. The van der Waals surface area contributed by atoms with Crippen LogP contribution in [0.4, 0.5) is 0 Å². The summed E-state index contributed by atoms with van der Waals surface area (Å²) < 4.78 is 27.6. The Morgan fingerprint density at radius 1 is 1.38 bits per heavy atom. The molecule has 1 amide bonds. The van der Waals surface area contributed by atoms with Gasteiger partial charge in [0.1, 0.15) is 6.10 Å². The number of carbonyl (C=O) groups is 1. The van der Waals surface area contributed by atoms with Crippen molar-refractivity contribution >= 4 is 15.7 Å². The highest BCUT2D eigenvalue weighted by atomic mass is 32.2. The minimum Gasteiger partial charge on any atom is -0.368 e. The van der Waals surface area contributed by atoms with Crippen LogP contribution in [0.15, 0.2) is 0 Å². The van der Waals surface area contributed by atoms with Crippen LogP contribution in [0.2, 0.25) is 0 Å². The van der Waals surface area contributed by atoms with Crippen molar-refractivity contribution in [1.82, 2.24) is 5.32 Å². The first kappa shape index (κ1) is 11.9. The van der Waals surface area contributed by atoms with Gasteiger partial charge >= 0.3 is 0 Å². The van der Waals surface area contributed by atoms with Gasteiger partial charge in [-0.3, -0.25) is 4.79 Å². The molecule has 0 radical (unpaired) electrons. The molecule has 0 saturated carbocycles. The highest BCUT2D eigenvalue weighted by molar-refractivity contribution is 7.91. The van der Waals surface area contributed by atoms with Crippen molar-refractivity contribution in [2.75, 3.05) is 24.7 Å². The molecular weight excluding hydrogens is 230 g/mol. The lowest BCUT2D eigenvalue weighted by Crippen LogP contribution is -2.37. The number of sulfone groups is 1. The van der Waals surface area contributed by atoms with Gasteiger partial charge < -0.3 is 10.1 Å². The third-order valence-corrected chi connectivity index (χ3v) is 4.95. The van der Waals surface area contributed by atoms with Gasteiger partial charge in [0, 0.05) is 13.2 Å². The number of ether oxygens (including phenoxy) is 1. The summed E-state index contributed by atoms with van der Waals surface area (Å²) in [6.45, 7) is 1.10. The molecule has 5 nitrogen and oxygen atoms in total. The molecule has 0 aromatic rings. The Hall–Kier alpha value is -0.620. The van der Waals surface area contributed by atoms with Crippen LogP contribution in [-0.2, 0) is 19.4 Å². The second kappa shape index (κ2) is 4.71. The predicted molar refractivity (Wildman–Crippen MR) is 58.7 cm³/mol. The van der Waals surface area contributed by atoms with Crippen molar-refractivity contribution in [2.24, 2.45) is 5.92 Å². The van der Waals surface area contributed by atoms with Gasteiger partial charge in [-0.25, -0.2) is 8.42 Å². The minimum atomic E-state index is -2.84. The zero-order valence-corrected chi connectivity index (χ0v) is 9.96. The molecule has 0 bridgehead atoms. The van der Waals surface area contributed by atoms with Crippen molar-refractivity contribution < 1.29 is 17.9 Å². The van der Waals surface area contributed by atoms with Crippen LogP contribution in [0.1, 0.15) is 19.3 Å². The van der Waals surface area contributed by atoms with Crippen molar-refractivity contribution in [3.05, 3.63) is 0 Å². The van der Waals surface area contributed by atoms with E-state index in [0.717, 1.165) is 12.8 Å². The summed E-state index contributed by atoms with van der Waals surface area (Å²) in [6.07, 6.45) is 2.04. The number of rotatable bonds is 3. The molecule has 2 aliphatic heterocycles. The maximum absolute atomic E-state index is 11.6. The van der Waals surface area contributed by atoms with Gasteiger partial charge in [0.05, 0.1) is 11.5 Å². The number of hydrogen-bond acceptors (Lipinski definition) is 4.